The lowest BCUT2D eigenvalue weighted by Gasteiger charge is -1.95. The molecule has 1 aromatic heterocycles. The zero-order valence-electron chi connectivity index (χ0n) is 5.96. The van der Waals surface area contributed by atoms with Gasteiger partial charge in [0, 0.05) is 11.3 Å². The van der Waals surface area contributed by atoms with Crippen LogP contribution in [0.15, 0.2) is 11.4 Å². The van der Waals surface area contributed by atoms with Gasteiger partial charge in [-0.15, -0.1) is 11.3 Å². The lowest BCUT2D eigenvalue weighted by Crippen LogP contribution is -2.03. The van der Waals surface area contributed by atoms with Crippen molar-refractivity contribution in [2.75, 3.05) is 6.61 Å². The molecule has 0 aliphatic carbocycles. The van der Waals surface area contributed by atoms with E-state index < -0.39 is 0 Å². The van der Waals surface area contributed by atoms with E-state index in [-0.39, 0.29) is 0 Å². The summed E-state index contributed by atoms with van der Waals surface area (Å²) in [4.78, 5) is 5.84. The van der Waals surface area contributed by atoms with Crippen LogP contribution in [0.3, 0.4) is 0 Å². The normalized spacial score (nSPS) is 10.2. The number of rotatable bonds is 3. The molecular weight excluding hydrogens is 146 g/mol. The van der Waals surface area contributed by atoms with Gasteiger partial charge in [0.25, 0.3) is 0 Å². The van der Waals surface area contributed by atoms with Crippen LogP contribution in [0.2, 0.25) is 0 Å². The molecule has 0 saturated carbocycles. The Hall–Kier alpha value is -0.380. The number of hydrogen-bond acceptors (Lipinski definition) is 3. The smallest absolute Gasteiger partial charge is 0.0727 e. The molecule has 0 atom stereocenters. The van der Waals surface area contributed by atoms with Crippen LogP contribution >= 0.6 is 11.3 Å². The fourth-order valence-electron chi connectivity index (χ4n) is 0.812. The van der Waals surface area contributed by atoms with Crippen molar-refractivity contribution in [1.82, 2.24) is 0 Å². The molecule has 1 heterocycles. The Morgan fingerprint density at radius 1 is 1.70 bits per heavy atom. The standard InChI is InChI=1S/C7H11NOS/c1-6-3-5-10-7(6)2-4-9-8/h3,5H,2,4,8H2,1H3. The molecule has 10 heavy (non-hydrogen) atoms. The summed E-state index contributed by atoms with van der Waals surface area (Å²) in [5, 5.41) is 2.08. The second-order valence-electron chi connectivity index (χ2n) is 2.15. The van der Waals surface area contributed by atoms with Crippen molar-refractivity contribution in [3.8, 4) is 0 Å². The minimum absolute atomic E-state index is 0.612. The van der Waals surface area contributed by atoms with Crippen molar-refractivity contribution < 1.29 is 4.84 Å². The third-order valence-corrected chi connectivity index (χ3v) is 2.50. The Morgan fingerprint density at radius 2 is 2.50 bits per heavy atom. The summed E-state index contributed by atoms with van der Waals surface area (Å²) >= 11 is 1.75. The van der Waals surface area contributed by atoms with E-state index in [0.29, 0.717) is 6.61 Å². The van der Waals surface area contributed by atoms with Crippen molar-refractivity contribution in [3.05, 3.63) is 21.9 Å². The van der Waals surface area contributed by atoms with Gasteiger partial charge < -0.3 is 4.84 Å². The van der Waals surface area contributed by atoms with Gasteiger partial charge in [0.1, 0.15) is 0 Å². The molecule has 2 nitrogen and oxygen atoms in total. The summed E-state index contributed by atoms with van der Waals surface area (Å²) in [6, 6.07) is 2.11. The van der Waals surface area contributed by atoms with Crippen LogP contribution in [0.5, 0.6) is 0 Å². The molecule has 1 rings (SSSR count). The molecule has 0 bridgehead atoms. The fraction of sp³-hybridized carbons (Fsp3) is 0.429. The minimum atomic E-state index is 0.612. The Morgan fingerprint density at radius 3 is 3.00 bits per heavy atom. The predicted molar refractivity (Wildman–Crippen MR) is 42.9 cm³/mol. The van der Waals surface area contributed by atoms with Crippen molar-refractivity contribution in [3.63, 3.8) is 0 Å². The first kappa shape index (κ1) is 7.72. The van der Waals surface area contributed by atoms with E-state index in [1.807, 2.05) is 0 Å². The summed E-state index contributed by atoms with van der Waals surface area (Å²) in [6.45, 7) is 2.71. The predicted octanol–water partition coefficient (Wildman–Crippen LogP) is 1.49. The molecule has 0 fully saturated rings. The van der Waals surface area contributed by atoms with Crippen molar-refractivity contribution in [1.29, 1.82) is 0 Å². The Balaban J connectivity index is 2.49. The van der Waals surface area contributed by atoms with Crippen LogP contribution in [-0.2, 0) is 11.3 Å². The van der Waals surface area contributed by atoms with Crippen LogP contribution in [0.25, 0.3) is 0 Å². The highest BCUT2D eigenvalue weighted by atomic mass is 32.1. The zero-order chi connectivity index (χ0) is 7.40. The number of nitrogens with two attached hydrogens (primary N) is 1. The molecule has 1 aromatic rings. The minimum Gasteiger partial charge on any atom is -0.304 e. The third-order valence-electron chi connectivity index (χ3n) is 1.42. The van der Waals surface area contributed by atoms with Crippen molar-refractivity contribution in [2.45, 2.75) is 13.3 Å². The van der Waals surface area contributed by atoms with Gasteiger partial charge in [0.2, 0.25) is 0 Å². The van der Waals surface area contributed by atoms with Gasteiger partial charge in [-0.05, 0) is 23.9 Å². The van der Waals surface area contributed by atoms with Crippen molar-refractivity contribution >= 4 is 11.3 Å². The second-order valence-corrected chi connectivity index (χ2v) is 3.15. The van der Waals surface area contributed by atoms with Crippen molar-refractivity contribution in [2.24, 2.45) is 5.90 Å². The first-order valence-electron chi connectivity index (χ1n) is 3.19. The third kappa shape index (κ3) is 1.80. The molecule has 0 amide bonds. The van der Waals surface area contributed by atoms with E-state index in [1.54, 1.807) is 11.3 Å². The highest BCUT2D eigenvalue weighted by Crippen LogP contribution is 2.15. The van der Waals surface area contributed by atoms with E-state index in [0.717, 1.165) is 6.42 Å². The Labute approximate surface area is 64.6 Å². The molecular formula is C7H11NOS. The SMILES string of the molecule is Cc1ccsc1CCON. The van der Waals surface area contributed by atoms with E-state index in [9.17, 15) is 0 Å². The van der Waals surface area contributed by atoms with Crippen LogP contribution < -0.4 is 5.90 Å². The lowest BCUT2D eigenvalue weighted by atomic mass is 10.2. The number of thiophene rings is 1. The summed E-state index contributed by atoms with van der Waals surface area (Å²) < 4.78 is 0. The van der Waals surface area contributed by atoms with Crippen LogP contribution in [0.1, 0.15) is 10.4 Å². The Kier molecular flexibility index (Phi) is 2.86. The average Bonchev–Trinajstić information content (AvgIpc) is 2.31. The van der Waals surface area contributed by atoms with Gasteiger partial charge in [-0.25, -0.2) is 5.90 Å². The molecule has 0 saturated heterocycles. The molecule has 0 spiro atoms. The number of aryl methyl sites for hydroxylation is 1. The van der Waals surface area contributed by atoms with E-state index >= 15 is 0 Å². The maximum Gasteiger partial charge on any atom is 0.0727 e. The summed E-state index contributed by atoms with van der Waals surface area (Å²) in [6.07, 6.45) is 0.931. The van der Waals surface area contributed by atoms with Crippen LogP contribution in [-0.4, -0.2) is 6.61 Å². The van der Waals surface area contributed by atoms with Crippen LogP contribution in [0, 0.1) is 6.92 Å². The van der Waals surface area contributed by atoms with Crippen LogP contribution in [0.4, 0.5) is 0 Å². The molecule has 0 aliphatic rings. The van der Waals surface area contributed by atoms with Gasteiger partial charge in [-0.3, -0.25) is 0 Å². The average molecular weight is 157 g/mol. The molecule has 56 valence electrons. The van der Waals surface area contributed by atoms with Gasteiger partial charge in [-0.2, -0.15) is 0 Å². The Bertz CT molecular complexity index is 197. The highest BCUT2D eigenvalue weighted by molar-refractivity contribution is 7.10. The maximum absolute atomic E-state index is 4.90. The van der Waals surface area contributed by atoms with Gasteiger partial charge >= 0.3 is 0 Å². The van der Waals surface area contributed by atoms with E-state index in [1.165, 1.54) is 10.4 Å². The topological polar surface area (TPSA) is 35.2 Å². The summed E-state index contributed by atoms with van der Waals surface area (Å²) in [5.74, 6) is 4.90. The summed E-state index contributed by atoms with van der Waals surface area (Å²) in [7, 11) is 0. The van der Waals surface area contributed by atoms with E-state index in [4.69, 9.17) is 5.90 Å². The largest absolute Gasteiger partial charge is 0.304 e. The second kappa shape index (κ2) is 3.71. The van der Waals surface area contributed by atoms with Gasteiger partial charge in [-0.1, -0.05) is 0 Å². The molecule has 2 N–H and O–H groups in total. The molecule has 0 radical (unpaired) electrons. The monoisotopic (exact) mass is 157 g/mol. The molecule has 0 unspecified atom stereocenters. The zero-order valence-corrected chi connectivity index (χ0v) is 6.78. The quantitative estimate of drug-likeness (QED) is 0.675. The maximum atomic E-state index is 4.90. The first-order valence-corrected chi connectivity index (χ1v) is 4.07. The highest BCUT2D eigenvalue weighted by Gasteiger charge is 1.97. The molecule has 0 aromatic carbocycles. The lowest BCUT2D eigenvalue weighted by molar-refractivity contribution is 0.141. The molecule has 0 aliphatic heterocycles. The van der Waals surface area contributed by atoms with Gasteiger partial charge in [0.15, 0.2) is 0 Å². The van der Waals surface area contributed by atoms with E-state index in [2.05, 4.69) is 23.2 Å². The molecule has 3 heteroatoms. The first-order chi connectivity index (χ1) is 4.84. The van der Waals surface area contributed by atoms with Gasteiger partial charge in [0.05, 0.1) is 6.61 Å². The summed E-state index contributed by atoms with van der Waals surface area (Å²) in [5.41, 5.74) is 1.34. The fourth-order valence-corrected chi connectivity index (χ4v) is 1.70. The number of hydrogen-bond donors (Lipinski definition) is 1.